The van der Waals surface area contributed by atoms with Gasteiger partial charge in [0.05, 0.1) is 0 Å². The first-order valence-corrected chi connectivity index (χ1v) is 9.13. The Kier molecular flexibility index (Phi) is 4.61. The van der Waals surface area contributed by atoms with Crippen LogP contribution in [0, 0.1) is 0 Å². The van der Waals surface area contributed by atoms with Crippen molar-refractivity contribution in [3.63, 3.8) is 0 Å². The number of hydrogen-bond acceptors (Lipinski definition) is 3. The lowest BCUT2D eigenvalue weighted by molar-refractivity contribution is 0.886. The lowest BCUT2D eigenvalue weighted by atomic mass is 10.2. The van der Waals surface area contributed by atoms with Gasteiger partial charge in [-0.25, -0.2) is 0 Å². The highest BCUT2D eigenvalue weighted by atomic mass is 32.2. The molecule has 122 valence electrons. The predicted molar refractivity (Wildman–Crippen MR) is 103 cm³/mol. The van der Waals surface area contributed by atoms with Gasteiger partial charge in [0, 0.05) is 17.0 Å². The lowest BCUT2D eigenvalue weighted by Gasteiger charge is -2.10. The highest BCUT2D eigenvalue weighted by Crippen LogP contribution is 2.29. The summed E-state index contributed by atoms with van der Waals surface area (Å²) in [7, 11) is 0. The van der Waals surface area contributed by atoms with Gasteiger partial charge in [-0.1, -0.05) is 90.6 Å². The van der Waals surface area contributed by atoms with E-state index in [1.807, 2.05) is 42.5 Å². The van der Waals surface area contributed by atoms with E-state index in [0.717, 1.165) is 28.0 Å². The molecule has 0 amide bonds. The van der Waals surface area contributed by atoms with Crippen molar-refractivity contribution in [3.8, 4) is 17.1 Å². The second-order valence-corrected chi connectivity index (χ2v) is 6.56. The fraction of sp³-hybridized carbons (Fsp3) is 0.0476. The minimum absolute atomic E-state index is 0.862. The molecule has 0 bridgehead atoms. The van der Waals surface area contributed by atoms with Crippen LogP contribution in [0.4, 0.5) is 0 Å². The van der Waals surface area contributed by atoms with Crippen molar-refractivity contribution in [1.29, 1.82) is 0 Å². The molecule has 1 aromatic heterocycles. The summed E-state index contributed by atoms with van der Waals surface area (Å²) in [6, 6.07) is 30.9. The molecule has 0 atom stereocenters. The summed E-state index contributed by atoms with van der Waals surface area (Å²) in [5.41, 5.74) is 3.41. The molecule has 0 saturated heterocycles. The molecule has 4 rings (SSSR count). The quantitative estimate of drug-likeness (QED) is 0.465. The fourth-order valence-electron chi connectivity index (χ4n) is 2.67. The van der Waals surface area contributed by atoms with Gasteiger partial charge in [-0.15, -0.1) is 10.2 Å². The van der Waals surface area contributed by atoms with E-state index in [1.54, 1.807) is 11.8 Å². The van der Waals surface area contributed by atoms with E-state index < -0.39 is 0 Å². The van der Waals surface area contributed by atoms with Crippen molar-refractivity contribution in [1.82, 2.24) is 14.8 Å². The summed E-state index contributed by atoms with van der Waals surface area (Å²) in [6.07, 6.45) is 0. The molecule has 4 heteroatoms. The smallest absolute Gasteiger partial charge is 0.196 e. The molecule has 0 aliphatic rings. The van der Waals surface area contributed by atoms with Crippen molar-refractivity contribution in [3.05, 3.63) is 96.6 Å². The zero-order valence-corrected chi connectivity index (χ0v) is 14.4. The van der Waals surface area contributed by atoms with Gasteiger partial charge in [0.15, 0.2) is 11.0 Å². The Bertz CT molecular complexity index is 935. The molecular weight excluding hydrogens is 326 g/mol. The second kappa shape index (κ2) is 7.36. The Morgan fingerprint density at radius 2 is 1.28 bits per heavy atom. The van der Waals surface area contributed by atoms with Crippen molar-refractivity contribution in [2.75, 3.05) is 0 Å². The summed E-state index contributed by atoms with van der Waals surface area (Å²) in [5.74, 6) is 1.73. The Morgan fingerprint density at radius 3 is 1.96 bits per heavy atom. The zero-order chi connectivity index (χ0) is 16.9. The number of aromatic nitrogens is 3. The molecule has 4 aromatic rings. The highest BCUT2D eigenvalue weighted by molar-refractivity contribution is 7.98. The maximum absolute atomic E-state index is 4.47. The summed E-state index contributed by atoms with van der Waals surface area (Å²) < 4.78 is 2.13. The van der Waals surface area contributed by atoms with Crippen LogP contribution in [0.5, 0.6) is 0 Å². The van der Waals surface area contributed by atoms with Gasteiger partial charge in [0.2, 0.25) is 0 Å². The van der Waals surface area contributed by atoms with Gasteiger partial charge >= 0.3 is 0 Å². The average molecular weight is 343 g/mol. The maximum atomic E-state index is 4.47. The van der Waals surface area contributed by atoms with Crippen LogP contribution in [0.25, 0.3) is 17.1 Å². The molecule has 0 N–H and O–H groups in total. The van der Waals surface area contributed by atoms with E-state index in [0.29, 0.717) is 0 Å². The van der Waals surface area contributed by atoms with Crippen molar-refractivity contribution < 1.29 is 0 Å². The van der Waals surface area contributed by atoms with E-state index in [-0.39, 0.29) is 0 Å². The molecule has 3 nitrogen and oxygen atoms in total. The number of nitrogens with zero attached hydrogens (tertiary/aromatic N) is 3. The van der Waals surface area contributed by atoms with E-state index in [4.69, 9.17) is 0 Å². The van der Waals surface area contributed by atoms with Crippen LogP contribution in [-0.2, 0) is 5.75 Å². The molecule has 0 radical (unpaired) electrons. The average Bonchev–Trinajstić information content (AvgIpc) is 3.12. The Labute approximate surface area is 151 Å². The number of benzene rings is 3. The predicted octanol–water partition coefficient (Wildman–Crippen LogP) is 5.23. The Balaban J connectivity index is 1.73. The van der Waals surface area contributed by atoms with E-state index >= 15 is 0 Å². The molecule has 1 heterocycles. The Hall–Kier alpha value is -2.85. The molecule has 0 saturated carbocycles. The molecule has 0 aliphatic heterocycles. The number of para-hydroxylation sites is 1. The monoisotopic (exact) mass is 343 g/mol. The minimum Gasteiger partial charge on any atom is -0.270 e. The van der Waals surface area contributed by atoms with Crippen LogP contribution < -0.4 is 0 Å². The summed E-state index contributed by atoms with van der Waals surface area (Å²) in [6.45, 7) is 0. The Morgan fingerprint density at radius 1 is 0.680 bits per heavy atom. The molecule has 0 spiro atoms. The largest absolute Gasteiger partial charge is 0.270 e. The van der Waals surface area contributed by atoms with Crippen LogP contribution in [-0.4, -0.2) is 14.8 Å². The van der Waals surface area contributed by atoms with Gasteiger partial charge in [-0.05, 0) is 17.7 Å². The van der Waals surface area contributed by atoms with Crippen molar-refractivity contribution >= 4 is 11.8 Å². The van der Waals surface area contributed by atoms with Crippen molar-refractivity contribution in [2.45, 2.75) is 10.9 Å². The van der Waals surface area contributed by atoms with Crippen molar-refractivity contribution in [2.24, 2.45) is 0 Å². The first-order chi connectivity index (χ1) is 12.4. The molecule has 0 aliphatic carbocycles. The molecule has 0 unspecified atom stereocenters. The molecule has 25 heavy (non-hydrogen) atoms. The first-order valence-electron chi connectivity index (χ1n) is 8.15. The van der Waals surface area contributed by atoms with Gasteiger partial charge in [-0.2, -0.15) is 0 Å². The standard InChI is InChI=1S/C21H17N3S/c1-4-10-17(11-5-1)16-25-21-23-22-20(18-12-6-2-7-13-18)24(21)19-14-8-3-9-15-19/h1-15H,16H2. The van der Waals surface area contributed by atoms with E-state index in [2.05, 4.69) is 63.3 Å². The maximum Gasteiger partial charge on any atom is 0.196 e. The topological polar surface area (TPSA) is 30.7 Å². The van der Waals surface area contributed by atoms with E-state index in [9.17, 15) is 0 Å². The number of thioether (sulfide) groups is 1. The van der Waals surface area contributed by atoms with Crippen LogP contribution in [0.1, 0.15) is 5.56 Å². The first kappa shape index (κ1) is 15.7. The highest BCUT2D eigenvalue weighted by Gasteiger charge is 2.15. The number of hydrogen-bond donors (Lipinski definition) is 0. The van der Waals surface area contributed by atoms with Gasteiger partial charge in [0.1, 0.15) is 0 Å². The summed E-state index contributed by atoms with van der Waals surface area (Å²) >= 11 is 1.70. The summed E-state index contributed by atoms with van der Waals surface area (Å²) in [5, 5.41) is 9.82. The van der Waals surface area contributed by atoms with Crippen LogP contribution >= 0.6 is 11.8 Å². The minimum atomic E-state index is 0.862. The normalized spacial score (nSPS) is 10.7. The van der Waals surface area contributed by atoms with Gasteiger partial charge in [-0.3, -0.25) is 4.57 Å². The second-order valence-electron chi connectivity index (χ2n) is 5.62. The molecule has 0 fully saturated rings. The van der Waals surface area contributed by atoms with E-state index in [1.165, 1.54) is 5.56 Å². The van der Waals surface area contributed by atoms with Gasteiger partial charge < -0.3 is 0 Å². The molecular formula is C21H17N3S. The third kappa shape index (κ3) is 3.49. The van der Waals surface area contributed by atoms with Crippen LogP contribution in [0.3, 0.4) is 0 Å². The van der Waals surface area contributed by atoms with Crippen LogP contribution in [0.15, 0.2) is 96.2 Å². The SMILES string of the molecule is c1ccc(CSc2nnc(-c3ccccc3)n2-c2ccccc2)cc1. The number of rotatable bonds is 5. The lowest BCUT2D eigenvalue weighted by Crippen LogP contribution is -1.99. The van der Waals surface area contributed by atoms with Gasteiger partial charge in [0.25, 0.3) is 0 Å². The molecule has 3 aromatic carbocycles. The van der Waals surface area contributed by atoms with Crippen LogP contribution in [0.2, 0.25) is 0 Å². The fourth-order valence-corrected chi connectivity index (χ4v) is 3.58. The third-order valence-electron chi connectivity index (χ3n) is 3.89. The summed E-state index contributed by atoms with van der Waals surface area (Å²) in [4.78, 5) is 0. The third-order valence-corrected chi connectivity index (χ3v) is 4.89. The zero-order valence-electron chi connectivity index (χ0n) is 13.6.